The summed E-state index contributed by atoms with van der Waals surface area (Å²) < 4.78 is 0. The van der Waals surface area contributed by atoms with E-state index in [4.69, 9.17) is 23.2 Å². The van der Waals surface area contributed by atoms with E-state index in [9.17, 15) is 24.0 Å². The van der Waals surface area contributed by atoms with Crippen LogP contribution in [0.25, 0.3) is 0 Å². The van der Waals surface area contributed by atoms with Crippen molar-refractivity contribution in [3.63, 3.8) is 0 Å². The van der Waals surface area contributed by atoms with E-state index in [2.05, 4.69) is 10.6 Å². The Morgan fingerprint density at radius 1 is 1.03 bits per heavy atom. The summed E-state index contributed by atoms with van der Waals surface area (Å²) >= 11 is 11.9. The normalized spacial score (nSPS) is 28.3. The molecule has 8 nitrogen and oxygen atoms in total. The first-order chi connectivity index (χ1) is 14.8. The molecule has 4 rings (SSSR count). The first-order valence-corrected chi connectivity index (χ1v) is 10.7. The maximum absolute atomic E-state index is 12.9. The minimum absolute atomic E-state index is 0.0697. The van der Waals surface area contributed by atoms with E-state index in [1.54, 1.807) is 24.3 Å². The van der Waals surface area contributed by atoms with E-state index in [-0.39, 0.29) is 42.4 Å². The number of nitrogens with zero attached hydrogens (tertiary/aromatic N) is 1. The zero-order valence-electron chi connectivity index (χ0n) is 16.3. The van der Waals surface area contributed by atoms with Crippen molar-refractivity contribution in [3.8, 4) is 0 Å². The Morgan fingerprint density at radius 3 is 2.48 bits per heavy atom. The van der Waals surface area contributed by atoms with Gasteiger partial charge in [0, 0.05) is 24.1 Å². The average Bonchev–Trinajstić information content (AvgIpc) is 2.98. The number of nitrogens with one attached hydrogen (secondary N) is 2. The monoisotopic (exact) mass is 463 g/mol. The Bertz CT molecular complexity index is 1030. The van der Waals surface area contributed by atoms with E-state index >= 15 is 0 Å². The lowest BCUT2D eigenvalue weighted by molar-refractivity contribution is -0.149. The third-order valence-corrected chi connectivity index (χ3v) is 6.52. The average molecular weight is 464 g/mol. The summed E-state index contributed by atoms with van der Waals surface area (Å²) in [7, 11) is 0. The van der Waals surface area contributed by atoms with Crippen LogP contribution < -0.4 is 10.6 Å². The molecule has 2 saturated heterocycles. The molecule has 2 fully saturated rings. The highest BCUT2D eigenvalue weighted by Gasteiger charge is 2.47. The summed E-state index contributed by atoms with van der Waals surface area (Å²) in [5.41, 5.74) is 0.495. The highest BCUT2D eigenvalue weighted by molar-refractivity contribution is 6.44. The smallest absolute Gasteiger partial charge is 0.261 e. The molecule has 4 aliphatic rings. The Morgan fingerprint density at radius 2 is 1.77 bits per heavy atom. The molecule has 0 radical (unpaired) electrons. The summed E-state index contributed by atoms with van der Waals surface area (Å²) in [6.07, 6.45) is 7.73. The number of piperidine rings is 1. The molecule has 2 heterocycles. The van der Waals surface area contributed by atoms with Crippen molar-refractivity contribution in [2.45, 2.75) is 31.7 Å². The van der Waals surface area contributed by atoms with Crippen LogP contribution in [-0.2, 0) is 24.0 Å². The predicted molar refractivity (Wildman–Crippen MR) is 111 cm³/mol. The topological polar surface area (TPSA) is 113 Å². The van der Waals surface area contributed by atoms with Gasteiger partial charge in [-0.2, -0.15) is 0 Å². The van der Waals surface area contributed by atoms with Crippen LogP contribution in [0, 0.1) is 11.8 Å². The molecule has 2 N–H and O–H groups in total. The molecule has 162 valence electrons. The lowest BCUT2D eigenvalue weighted by Gasteiger charge is -2.27. The molecule has 0 bridgehead atoms. The molecule has 0 saturated carbocycles. The number of rotatable bonds is 4. The Hall–Kier alpha value is -2.71. The van der Waals surface area contributed by atoms with Gasteiger partial charge in [0.25, 0.3) is 11.8 Å². The number of carbonyl (C=O) groups is 5. The van der Waals surface area contributed by atoms with Gasteiger partial charge < -0.3 is 5.32 Å². The van der Waals surface area contributed by atoms with Crippen LogP contribution in [-0.4, -0.2) is 47.0 Å². The highest BCUT2D eigenvalue weighted by Crippen LogP contribution is 2.34. The molecule has 0 aromatic rings. The molecule has 3 unspecified atom stereocenters. The molecule has 0 spiro atoms. The number of hydrogen-bond donors (Lipinski definition) is 2. The minimum atomic E-state index is -0.994. The number of amides is 5. The van der Waals surface area contributed by atoms with Gasteiger partial charge in [-0.3, -0.25) is 34.2 Å². The fourth-order valence-electron chi connectivity index (χ4n) is 4.07. The van der Waals surface area contributed by atoms with Gasteiger partial charge in [0.2, 0.25) is 17.7 Å². The van der Waals surface area contributed by atoms with Crippen molar-refractivity contribution in [3.05, 3.63) is 45.5 Å². The maximum Gasteiger partial charge on any atom is 0.261 e. The number of hydrogen-bond acceptors (Lipinski definition) is 5. The molecule has 2 aliphatic heterocycles. The second kappa shape index (κ2) is 8.43. The number of allylic oxidation sites excluding steroid dienone is 4. The minimum Gasteiger partial charge on any atom is -0.355 e. The van der Waals surface area contributed by atoms with Gasteiger partial charge in [-0.05, 0) is 25.2 Å². The molecule has 0 aromatic carbocycles. The van der Waals surface area contributed by atoms with Gasteiger partial charge in [0.15, 0.2) is 0 Å². The SMILES string of the molecule is O=C1CCC(N2C(=O)C3=CCC(CNC(=O)C4C=C(Cl)C(Cl)=CC4)C=C3C2=O)C(=O)N1. The largest absolute Gasteiger partial charge is 0.355 e. The van der Waals surface area contributed by atoms with Crippen LogP contribution >= 0.6 is 23.2 Å². The van der Waals surface area contributed by atoms with E-state index in [1.807, 2.05) is 0 Å². The van der Waals surface area contributed by atoms with Crippen LogP contribution in [0.3, 0.4) is 0 Å². The first-order valence-electron chi connectivity index (χ1n) is 9.91. The van der Waals surface area contributed by atoms with E-state index in [0.717, 1.165) is 4.90 Å². The van der Waals surface area contributed by atoms with Crippen molar-refractivity contribution in [1.82, 2.24) is 15.5 Å². The first kappa shape index (κ1) is 21.5. The Labute approximate surface area is 188 Å². The number of fused-ring (bicyclic) bond motifs is 1. The Balaban J connectivity index is 1.42. The number of carbonyl (C=O) groups excluding carboxylic acids is 5. The van der Waals surface area contributed by atoms with Crippen LogP contribution in [0.1, 0.15) is 25.7 Å². The second-order valence-corrected chi connectivity index (χ2v) is 8.61. The zero-order valence-corrected chi connectivity index (χ0v) is 17.8. The van der Waals surface area contributed by atoms with Crippen molar-refractivity contribution in [2.75, 3.05) is 6.54 Å². The van der Waals surface area contributed by atoms with Gasteiger partial charge in [-0.1, -0.05) is 47.5 Å². The Kier molecular flexibility index (Phi) is 5.85. The summed E-state index contributed by atoms with van der Waals surface area (Å²) in [4.78, 5) is 62.5. The summed E-state index contributed by atoms with van der Waals surface area (Å²) in [5.74, 6) is -2.94. The standard InChI is InChI=1S/C21H19Cl2N3O5/c22-14-4-2-11(8-15(14)23)18(28)24-9-10-1-3-12-13(7-10)21(31)26(20(12)30)16-5-6-17(27)25-19(16)29/h3-4,7-8,10-11,16H,1-2,5-6,9H2,(H,24,28)(H,25,27,29). The lowest BCUT2D eigenvalue weighted by Crippen LogP contribution is -2.54. The fourth-order valence-corrected chi connectivity index (χ4v) is 4.45. The second-order valence-electron chi connectivity index (χ2n) is 7.80. The summed E-state index contributed by atoms with van der Waals surface area (Å²) in [5, 5.41) is 5.78. The third kappa shape index (κ3) is 4.09. The van der Waals surface area contributed by atoms with Crippen molar-refractivity contribution in [2.24, 2.45) is 11.8 Å². The predicted octanol–water partition coefficient (Wildman–Crippen LogP) is 1.41. The van der Waals surface area contributed by atoms with Gasteiger partial charge in [-0.15, -0.1) is 0 Å². The number of halogens is 2. The molecule has 0 aromatic heterocycles. The molecule has 10 heteroatoms. The summed E-state index contributed by atoms with van der Waals surface area (Å²) in [6, 6.07) is -0.994. The highest BCUT2D eigenvalue weighted by atomic mass is 35.5. The summed E-state index contributed by atoms with van der Waals surface area (Å²) in [6.45, 7) is 0.283. The molecule has 2 aliphatic carbocycles. The van der Waals surface area contributed by atoms with Gasteiger partial charge in [-0.25, -0.2) is 0 Å². The molecule has 5 amide bonds. The van der Waals surface area contributed by atoms with Gasteiger partial charge in [0.1, 0.15) is 6.04 Å². The van der Waals surface area contributed by atoms with E-state index in [1.165, 1.54) is 0 Å². The third-order valence-electron chi connectivity index (χ3n) is 5.74. The van der Waals surface area contributed by atoms with Crippen molar-refractivity contribution < 1.29 is 24.0 Å². The van der Waals surface area contributed by atoms with Gasteiger partial charge in [0.05, 0.1) is 16.0 Å². The van der Waals surface area contributed by atoms with Crippen LogP contribution in [0.5, 0.6) is 0 Å². The molecule has 31 heavy (non-hydrogen) atoms. The van der Waals surface area contributed by atoms with Crippen LogP contribution in [0.15, 0.2) is 45.5 Å². The molecular formula is C21H19Cl2N3O5. The fraction of sp³-hybridized carbons (Fsp3) is 0.381. The quantitative estimate of drug-likeness (QED) is 0.612. The number of likely N-dealkylation sites (tertiary alicyclic amines) is 1. The van der Waals surface area contributed by atoms with Crippen LogP contribution in [0.2, 0.25) is 0 Å². The maximum atomic E-state index is 12.9. The zero-order chi connectivity index (χ0) is 22.3. The van der Waals surface area contributed by atoms with Crippen molar-refractivity contribution in [1.29, 1.82) is 0 Å². The van der Waals surface area contributed by atoms with E-state index in [0.29, 0.717) is 22.9 Å². The van der Waals surface area contributed by atoms with Crippen molar-refractivity contribution >= 4 is 52.7 Å². The van der Waals surface area contributed by atoms with Gasteiger partial charge >= 0.3 is 0 Å². The number of imide groups is 2. The molecule has 3 atom stereocenters. The van der Waals surface area contributed by atoms with Crippen LogP contribution in [0.4, 0.5) is 0 Å². The van der Waals surface area contributed by atoms with E-state index < -0.39 is 35.6 Å². The molecular weight excluding hydrogens is 445 g/mol. The lowest BCUT2D eigenvalue weighted by atomic mass is 9.91.